The van der Waals surface area contributed by atoms with Crippen molar-refractivity contribution in [1.82, 2.24) is 4.90 Å². The van der Waals surface area contributed by atoms with Crippen LogP contribution in [-0.4, -0.2) is 17.1 Å². The van der Waals surface area contributed by atoms with Crippen LogP contribution in [0.1, 0.15) is 41.3 Å². The van der Waals surface area contributed by atoms with E-state index in [2.05, 4.69) is 55.3 Å². The van der Waals surface area contributed by atoms with Crippen molar-refractivity contribution in [2.45, 2.75) is 24.6 Å². The molecule has 2 atom stereocenters. The molecule has 0 spiro atoms. The highest BCUT2D eigenvalue weighted by Gasteiger charge is 2.44. The van der Waals surface area contributed by atoms with Crippen LogP contribution in [0.2, 0.25) is 0 Å². The van der Waals surface area contributed by atoms with Crippen molar-refractivity contribution in [3.05, 3.63) is 144 Å². The maximum atomic E-state index is 12.6. The zero-order valence-corrected chi connectivity index (χ0v) is 18.1. The molecule has 156 valence electrons. The van der Waals surface area contributed by atoms with Crippen molar-refractivity contribution < 1.29 is 5.11 Å². The van der Waals surface area contributed by atoms with E-state index in [-0.39, 0.29) is 12.1 Å². The lowest BCUT2D eigenvalue weighted by Gasteiger charge is -2.45. The maximum absolute atomic E-state index is 12.6. The lowest BCUT2D eigenvalue weighted by atomic mass is 9.76. The second-order valence-corrected chi connectivity index (χ2v) is 8.06. The maximum Gasteiger partial charge on any atom is 0.134 e. The van der Waals surface area contributed by atoms with Gasteiger partial charge < -0.3 is 5.11 Å². The Kier molecular flexibility index (Phi) is 6.31. The Morgan fingerprint density at radius 1 is 0.581 bits per heavy atom. The standard InChI is InChI=1S/C29H29NO/c1-23(24-15-7-3-8-16-24)30(2)28(25-17-9-4-10-18-25)29(31,26-19-11-5-12-20-26)27-21-13-6-14-22-27/h3-23,28,31H,1-2H3/t23-,28-/m0/s1. The first-order chi connectivity index (χ1) is 15.1. The van der Waals surface area contributed by atoms with E-state index in [0.717, 1.165) is 16.7 Å². The van der Waals surface area contributed by atoms with Gasteiger partial charge in [-0.1, -0.05) is 121 Å². The Morgan fingerprint density at radius 3 is 1.35 bits per heavy atom. The van der Waals surface area contributed by atoms with E-state index in [1.54, 1.807) is 0 Å². The molecule has 0 unspecified atom stereocenters. The van der Waals surface area contributed by atoms with Crippen molar-refractivity contribution in [2.75, 3.05) is 7.05 Å². The molecule has 1 N–H and O–H groups in total. The van der Waals surface area contributed by atoms with Gasteiger partial charge in [0, 0.05) is 6.04 Å². The van der Waals surface area contributed by atoms with Gasteiger partial charge in [0.15, 0.2) is 0 Å². The molecule has 0 fully saturated rings. The van der Waals surface area contributed by atoms with Crippen LogP contribution in [0.3, 0.4) is 0 Å². The quantitative estimate of drug-likeness (QED) is 0.385. The van der Waals surface area contributed by atoms with Gasteiger partial charge in [0.25, 0.3) is 0 Å². The number of rotatable bonds is 7. The molecule has 0 radical (unpaired) electrons. The van der Waals surface area contributed by atoms with Gasteiger partial charge in [-0.2, -0.15) is 0 Å². The zero-order chi connectivity index (χ0) is 21.7. The summed E-state index contributed by atoms with van der Waals surface area (Å²) < 4.78 is 0. The number of benzene rings is 4. The van der Waals surface area contributed by atoms with Crippen molar-refractivity contribution in [1.29, 1.82) is 0 Å². The Labute approximate surface area is 185 Å². The molecular weight excluding hydrogens is 378 g/mol. The Morgan fingerprint density at radius 2 is 0.935 bits per heavy atom. The molecule has 0 bridgehead atoms. The van der Waals surface area contributed by atoms with Crippen LogP contribution in [-0.2, 0) is 5.60 Å². The molecule has 4 aromatic rings. The average molecular weight is 408 g/mol. The third-order valence-corrected chi connectivity index (χ3v) is 6.24. The van der Waals surface area contributed by atoms with Gasteiger partial charge in [0.1, 0.15) is 5.60 Å². The lowest BCUT2D eigenvalue weighted by molar-refractivity contribution is -0.0270. The highest BCUT2D eigenvalue weighted by molar-refractivity contribution is 5.42. The van der Waals surface area contributed by atoms with Gasteiger partial charge >= 0.3 is 0 Å². The molecule has 0 aliphatic carbocycles. The van der Waals surface area contributed by atoms with Crippen molar-refractivity contribution in [3.8, 4) is 0 Å². The molecule has 0 saturated carbocycles. The largest absolute Gasteiger partial charge is 0.378 e. The zero-order valence-electron chi connectivity index (χ0n) is 18.1. The Balaban J connectivity index is 1.92. The van der Waals surface area contributed by atoms with E-state index in [1.807, 2.05) is 84.9 Å². The summed E-state index contributed by atoms with van der Waals surface area (Å²) in [4.78, 5) is 2.28. The van der Waals surface area contributed by atoms with Crippen LogP contribution >= 0.6 is 0 Å². The van der Waals surface area contributed by atoms with Crippen molar-refractivity contribution in [3.63, 3.8) is 0 Å². The first kappa shape index (κ1) is 21.0. The van der Waals surface area contributed by atoms with Gasteiger partial charge in [-0.25, -0.2) is 0 Å². The van der Waals surface area contributed by atoms with Crippen LogP contribution < -0.4 is 0 Å². The Hall–Kier alpha value is -3.20. The minimum Gasteiger partial charge on any atom is -0.378 e. The summed E-state index contributed by atoms with van der Waals surface area (Å²) in [6, 6.07) is 40.6. The number of hydrogen-bond acceptors (Lipinski definition) is 2. The normalized spacial score (nSPS) is 13.7. The van der Waals surface area contributed by atoms with Crippen molar-refractivity contribution >= 4 is 0 Å². The molecule has 4 aromatic carbocycles. The Bertz CT molecular complexity index is 1030. The number of likely N-dealkylation sites (N-methyl/N-ethyl adjacent to an activating group) is 1. The molecule has 0 saturated heterocycles. The third-order valence-electron chi connectivity index (χ3n) is 6.24. The molecule has 4 rings (SSSR count). The molecule has 0 aliphatic heterocycles. The summed E-state index contributed by atoms with van der Waals surface area (Å²) in [6.07, 6.45) is 0. The lowest BCUT2D eigenvalue weighted by Crippen LogP contribution is -2.44. The molecule has 0 amide bonds. The van der Waals surface area contributed by atoms with Gasteiger partial charge in [-0.15, -0.1) is 0 Å². The average Bonchev–Trinajstić information content (AvgIpc) is 2.85. The van der Waals surface area contributed by atoms with E-state index >= 15 is 0 Å². The molecule has 31 heavy (non-hydrogen) atoms. The predicted molar refractivity (Wildman–Crippen MR) is 128 cm³/mol. The predicted octanol–water partition coefficient (Wildman–Crippen LogP) is 6.36. The van der Waals surface area contributed by atoms with Crippen LogP contribution in [0.4, 0.5) is 0 Å². The minimum atomic E-state index is -1.23. The van der Waals surface area contributed by atoms with Crippen LogP contribution in [0.25, 0.3) is 0 Å². The van der Waals surface area contributed by atoms with E-state index in [4.69, 9.17) is 0 Å². The van der Waals surface area contributed by atoms with Crippen LogP contribution in [0, 0.1) is 0 Å². The fraction of sp³-hybridized carbons (Fsp3) is 0.172. The van der Waals surface area contributed by atoms with E-state index in [1.165, 1.54) is 5.56 Å². The molecular formula is C29H29NO. The highest BCUT2D eigenvalue weighted by atomic mass is 16.3. The molecule has 0 aromatic heterocycles. The first-order valence-electron chi connectivity index (χ1n) is 10.8. The molecule has 2 heteroatoms. The fourth-order valence-corrected chi connectivity index (χ4v) is 4.46. The van der Waals surface area contributed by atoms with E-state index < -0.39 is 5.60 Å². The summed E-state index contributed by atoms with van der Waals surface area (Å²) >= 11 is 0. The number of aliphatic hydroxyl groups is 1. The molecule has 2 nitrogen and oxygen atoms in total. The molecule has 0 aliphatic rings. The van der Waals surface area contributed by atoms with Crippen molar-refractivity contribution in [2.24, 2.45) is 0 Å². The topological polar surface area (TPSA) is 23.5 Å². The second kappa shape index (κ2) is 9.30. The minimum absolute atomic E-state index is 0.102. The second-order valence-electron chi connectivity index (χ2n) is 8.06. The number of hydrogen-bond donors (Lipinski definition) is 1. The van der Waals surface area contributed by atoms with Gasteiger partial charge in [-0.05, 0) is 36.2 Å². The summed E-state index contributed by atoms with van der Waals surface area (Å²) in [5, 5.41) is 12.6. The van der Waals surface area contributed by atoms with Gasteiger partial charge in [0.2, 0.25) is 0 Å². The summed E-state index contributed by atoms with van der Waals surface area (Å²) in [5.41, 5.74) is 2.81. The van der Waals surface area contributed by atoms with E-state index in [9.17, 15) is 5.11 Å². The number of nitrogens with zero attached hydrogens (tertiary/aromatic N) is 1. The van der Waals surface area contributed by atoms with Gasteiger partial charge in [-0.3, -0.25) is 4.90 Å². The smallest absolute Gasteiger partial charge is 0.134 e. The summed E-state index contributed by atoms with van der Waals surface area (Å²) in [6.45, 7) is 2.20. The molecule has 0 heterocycles. The fourth-order valence-electron chi connectivity index (χ4n) is 4.46. The summed E-state index contributed by atoms with van der Waals surface area (Å²) in [5.74, 6) is 0. The van der Waals surface area contributed by atoms with Gasteiger partial charge in [0.05, 0.1) is 6.04 Å². The SMILES string of the molecule is C[C@@H](c1ccccc1)N(C)[C@@H](c1ccccc1)C(O)(c1ccccc1)c1ccccc1. The van der Waals surface area contributed by atoms with Crippen LogP contribution in [0.5, 0.6) is 0 Å². The van der Waals surface area contributed by atoms with Crippen LogP contribution in [0.15, 0.2) is 121 Å². The highest BCUT2D eigenvalue weighted by Crippen LogP contribution is 2.46. The first-order valence-corrected chi connectivity index (χ1v) is 10.8. The third kappa shape index (κ3) is 4.18. The monoisotopic (exact) mass is 407 g/mol. The summed E-state index contributed by atoms with van der Waals surface area (Å²) in [7, 11) is 2.10. The van der Waals surface area contributed by atoms with E-state index in [0.29, 0.717) is 0 Å².